The lowest BCUT2D eigenvalue weighted by Gasteiger charge is -2.17. The average Bonchev–Trinajstić information content (AvgIpc) is 2.67. The molecule has 0 fully saturated rings. The topological polar surface area (TPSA) is 128 Å². The molecular formula is C16H19Cl2N5O4S2. The molecule has 0 saturated heterocycles. The third kappa shape index (κ3) is 6.01. The van der Waals surface area contributed by atoms with Gasteiger partial charge in [-0.15, -0.1) is 11.8 Å². The molecular weight excluding hydrogens is 461 g/mol. The van der Waals surface area contributed by atoms with E-state index in [0.29, 0.717) is 23.9 Å². The molecule has 1 aromatic heterocycles. The van der Waals surface area contributed by atoms with Gasteiger partial charge in [-0.25, -0.2) is 23.2 Å². The SMILES string of the molecule is CCN(CCSc1cnc(NS(=O)(=O)c2cccc(Cl)c2Cl)c(OC)n1)C(N)=O. The standard InChI is InChI=1S/C16H19Cl2N5O4S2/c1-3-23(16(19)24)7-8-28-12-9-20-14(15(21-12)27-2)22-29(25,26)11-6-4-5-10(17)13(11)18/h4-6,9H,3,7-8H2,1-2H3,(H2,19,24)(H,20,22). The molecule has 2 aromatic rings. The molecule has 0 spiro atoms. The van der Waals surface area contributed by atoms with Crippen LogP contribution < -0.4 is 15.2 Å². The Morgan fingerprint density at radius 2 is 2.10 bits per heavy atom. The molecule has 0 aliphatic heterocycles. The van der Waals surface area contributed by atoms with Crippen molar-refractivity contribution in [3.05, 3.63) is 34.4 Å². The quantitative estimate of drug-likeness (QED) is 0.528. The highest BCUT2D eigenvalue weighted by atomic mass is 35.5. The monoisotopic (exact) mass is 479 g/mol. The maximum atomic E-state index is 12.6. The van der Waals surface area contributed by atoms with E-state index in [0.717, 1.165) is 0 Å². The summed E-state index contributed by atoms with van der Waals surface area (Å²) in [4.78, 5) is 20.8. The van der Waals surface area contributed by atoms with Gasteiger partial charge in [0.1, 0.15) is 9.92 Å². The predicted octanol–water partition coefficient (Wildman–Crippen LogP) is 3.09. The minimum absolute atomic E-state index is 0.0148. The van der Waals surface area contributed by atoms with E-state index < -0.39 is 16.1 Å². The van der Waals surface area contributed by atoms with Crippen molar-refractivity contribution in [2.24, 2.45) is 5.73 Å². The average molecular weight is 480 g/mol. The Balaban J connectivity index is 2.16. The van der Waals surface area contributed by atoms with Gasteiger partial charge in [-0.3, -0.25) is 4.72 Å². The minimum Gasteiger partial charge on any atom is -0.478 e. The van der Waals surface area contributed by atoms with Gasteiger partial charge in [-0.2, -0.15) is 0 Å². The van der Waals surface area contributed by atoms with Crippen molar-refractivity contribution in [2.75, 3.05) is 30.7 Å². The summed E-state index contributed by atoms with van der Waals surface area (Å²) in [5, 5.41) is 0.498. The van der Waals surface area contributed by atoms with Crippen molar-refractivity contribution in [2.45, 2.75) is 16.8 Å². The number of carbonyl (C=O) groups excluding carboxylic acids is 1. The number of nitrogens with one attached hydrogen (secondary N) is 1. The van der Waals surface area contributed by atoms with Gasteiger partial charge in [0.2, 0.25) is 5.82 Å². The summed E-state index contributed by atoms with van der Waals surface area (Å²) in [6, 6.07) is 3.77. The van der Waals surface area contributed by atoms with Crippen LogP contribution in [0.25, 0.3) is 0 Å². The van der Waals surface area contributed by atoms with E-state index in [4.69, 9.17) is 33.7 Å². The number of ether oxygens (including phenoxy) is 1. The number of nitrogens with two attached hydrogens (primary N) is 1. The van der Waals surface area contributed by atoms with Crippen LogP contribution in [0.3, 0.4) is 0 Å². The van der Waals surface area contributed by atoms with Gasteiger partial charge < -0.3 is 15.4 Å². The molecule has 2 rings (SSSR count). The molecule has 0 radical (unpaired) electrons. The molecule has 0 aliphatic carbocycles. The van der Waals surface area contributed by atoms with Gasteiger partial charge in [-0.05, 0) is 19.1 Å². The zero-order valence-electron chi connectivity index (χ0n) is 15.6. The summed E-state index contributed by atoms with van der Waals surface area (Å²) >= 11 is 13.2. The van der Waals surface area contributed by atoms with Crippen molar-refractivity contribution in [1.82, 2.24) is 14.9 Å². The van der Waals surface area contributed by atoms with Gasteiger partial charge in [0.15, 0.2) is 0 Å². The Labute approximate surface area is 183 Å². The number of nitrogens with zero attached hydrogens (tertiary/aromatic N) is 3. The maximum Gasteiger partial charge on any atom is 0.314 e. The summed E-state index contributed by atoms with van der Waals surface area (Å²) in [5.41, 5.74) is 5.27. The van der Waals surface area contributed by atoms with Crippen LogP contribution in [0.5, 0.6) is 5.88 Å². The minimum atomic E-state index is -4.07. The van der Waals surface area contributed by atoms with Crippen molar-refractivity contribution in [1.29, 1.82) is 0 Å². The lowest BCUT2D eigenvalue weighted by Crippen LogP contribution is -2.37. The first kappa shape index (κ1) is 23.3. The second-order valence-corrected chi connectivity index (χ2v) is 9.04. The zero-order chi connectivity index (χ0) is 21.6. The van der Waals surface area contributed by atoms with Crippen LogP contribution in [-0.4, -0.2) is 55.3 Å². The molecule has 2 amide bonds. The number of halogens is 2. The van der Waals surface area contributed by atoms with E-state index in [2.05, 4.69) is 14.7 Å². The van der Waals surface area contributed by atoms with Gasteiger partial charge in [0, 0.05) is 18.8 Å². The van der Waals surface area contributed by atoms with E-state index in [1.165, 1.54) is 48.2 Å². The normalized spacial score (nSPS) is 11.2. The molecule has 1 heterocycles. The summed E-state index contributed by atoms with van der Waals surface area (Å²) in [7, 11) is -2.72. The summed E-state index contributed by atoms with van der Waals surface area (Å²) in [6.07, 6.45) is 1.39. The van der Waals surface area contributed by atoms with Gasteiger partial charge >= 0.3 is 6.03 Å². The smallest absolute Gasteiger partial charge is 0.314 e. The van der Waals surface area contributed by atoms with Gasteiger partial charge in [0.05, 0.1) is 23.4 Å². The summed E-state index contributed by atoms with van der Waals surface area (Å²) in [5.74, 6) is 0.414. The Morgan fingerprint density at radius 3 is 2.72 bits per heavy atom. The molecule has 1 aromatic carbocycles. The molecule has 0 atom stereocenters. The maximum absolute atomic E-state index is 12.6. The number of hydrogen-bond acceptors (Lipinski definition) is 7. The third-order valence-corrected chi connectivity index (χ3v) is 6.84. The first-order valence-corrected chi connectivity index (χ1v) is 11.5. The first-order chi connectivity index (χ1) is 13.7. The van der Waals surface area contributed by atoms with Gasteiger partial charge in [0.25, 0.3) is 15.9 Å². The van der Waals surface area contributed by atoms with Crippen LogP contribution in [-0.2, 0) is 10.0 Å². The van der Waals surface area contributed by atoms with Crippen molar-refractivity contribution in [3.8, 4) is 5.88 Å². The molecule has 29 heavy (non-hydrogen) atoms. The van der Waals surface area contributed by atoms with Gasteiger partial charge in [-0.1, -0.05) is 29.3 Å². The van der Waals surface area contributed by atoms with Crippen molar-refractivity contribution in [3.63, 3.8) is 0 Å². The lowest BCUT2D eigenvalue weighted by molar-refractivity contribution is 0.213. The molecule has 0 saturated carbocycles. The first-order valence-electron chi connectivity index (χ1n) is 8.24. The lowest BCUT2D eigenvalue weighted by atomic mass is 10.4. The largest absolute Gasteiger partial charge is 0.478 e. The number of benzene rings is 1. The zero-order valence-corrected chi connectivity index (χ0v) is 18.7. The second kappa shape index (κ2) is 10.2. The molecule has 0 bridgehead atoms. The number of carbonyl (C=O) groups is 1. The number of aromatic nitrogens is 2. The van der Waals surface area contributed by atoms with E-state index in [1.54, 1.807) is 0 Å². The number of methoxy groups -OCH3 is 1. The molecule has 0 unspecified atom stereocenters. The highest BCUT2D eigenvalue weighted by molar-refractivity contribution is 7.99. The van der Waals surface area contributed by atoms with Crippen LogP contribution in [0.4, 0.5) is 10.6 Å². The van der Waals surface area contributed by atoms with Crippen molar-refractivity contribution >= 4 is 56.8 Å². The number of hydrogen-bond donors (Lipinski definition) is 2. The fraction of sp³-hybridized carbons (Fsp3) is 0.312. The number of primary amides is 1. The third-order valence-electron chi connectivity index (χ3n) is 3.65. The number of sulfonamides is 1. The predicted molar refractivity (Wildman–Crippen MR) is 113 cm³/mol. The molecule has 158 valence electrons. The molecule has 9 nitrogen and oxygen atoms in total. The number of amides is 2. The Hall–Kier alpha value is -1.95. The van der Waals surface area contributed by atoms with Crippen molar-refractivity contribution < 1.29 is 17.9 Å². The molecule has 3 N–H and O–H groups in total. The fourth-order valence-electron chi connectivity index (χ4n) is 2.20. The van der Waals surface area contributed by atoms with E-state index >= 15 is 0 Å². The molecule has 0 aliphatic rings. The Bertz CT molecular complexity index is 991. The highest BCUT2D eigenvalue weighted by Crippen LogP contribution is 2.31. The highest BCUT2D eigenvalue weighted by Gasteiger charge is 2.22. The number of rotatable bonds is 9. The van der Waals surface area contributed by atoms with Crippen LogP contribution >= 0.6 is 35.0 Å². The van der Waals surface area contributed by atoms with E-state index in [-0.39, 0.29) is 26.6 Å². The van der Waals surface area contributed by atoms with Crippen LogP contribution in [0, 0.1) is 0 Å². The number of anilines is 1. The Kier molecular flexibility index (Phi) is 8.20. The Morgan fingerprint density at radius 1 is 1.38 bits per heavy atom. The van der Waals surface area contributed by atoms with Crippen LogP contribution in [0.15, 0.2) is 34.3 Å². The van der Waals surface area contributed by atoms with Crippen LogP contribution in [0.1, 0.15) is 6.92 Å². The van der Waals surface area contributed by atoms with E-state index in [1.807, 2.05) is 6.92 Å². The fourth-order valence-corrected chi connectivity index (χ4v) is 4.76. The van der Waals surface area contributed by atoms with Crippen LogP contribution in [0.2, 0.25) is 10.0 Å². The molecule has 13 heteroatoms. The number of thioether (sulfide) groups is 1. The second-order valence-electron chi connectivity index (χ2n) is 5.49. The summed E-state index contributed by atoms with van der Waals surface area (Å²) in [6.45, 7) is 2.76. The van der Waals surface area contributed by atoms with E-state index in [9.17, 15) is 13.2 Å². The summed E-state index contributed by atoms with van der Waals surface area (Å²) < 4.78 is 32.7. The number of urea groups is 1.